The van der Waals surface area contributed by atoms with E-state index in [0.29, 0.717) is 12.1 Å². The molecule has 0 aliphatic rings. The normalized spacial score (nSPS) is 13.5. The van der Waals surface area contributed by atoms with Crippen LogP contribution in [0.15, 0.2) is 35.5 Å². The van der Waals surface area contributed by atoms with E-state index in [2.05, 4.69) is 0 Å². The summed E-state index contributed by atoms with van der Waals surface area (Å²) in [7, 11) is 0. The van der Waals surface area contributed by atoms with E-state index >= 15 is 0 Å². The van der Waals surface area contributed by atoms with Crippen molar-refractivity contribution in [2.45, 2.75) is 13.8 Å². The molecule has 2 heteroatoms. The summed E-state index contributed by atoms with van der Waals surface area (Å²) >= 11 is 0. The second kappa shape index (κ2) is 6.38. The van der Waals surface area contributed by atoms with Gasteiger partial charge in [-0.05, 0) is 25.5 Å². The molecule has 0 amide bonds. The molecular weight excluding hydrogens is 148 g/mol. The minimum absolute atomic E-state index is 0.534. The van der Waals surface area contributed by atoms with Gasteiger partial charge in [-0.1, -0.05) is 18.2 Å². The lowest BCUT2D eigenvalue weighted by Gasteiger charge is -1.91. The van der Waals surface area contributed by atoms with E-state index in [1.54, 1.807) is 13.0 Å². The van der Waals surface area contributed by atoms with Crippen LogP contribution in [0, 0.1) is 11.3 Å². The van der Waals surface area contributed by atoms with Crippen molar-refractivity contribution < 1.29 is 0 Å². The molecule has 0 aliphatic heterocycles. The van der Waals surface area contributed by atoms with Gasteiger partial charge in [0.1, 0.15) is 0 Å². The number of nitrogens with two attached hydrogens (primary N) is 1. The summed E-state index contributed by atoms with van der Waals surface area (Å²) in [4.78, 5) is 0. The molecule has 0 aromatic rings. The van der Waals surface area contributed by atoms with E-state index in [1.807, 2.05) is 31.2 Å². The summed E-state index contributed by atoms with van der Waals surface area (Å²) in [6, 6.07) is 2.03. The molecule has 0 aliphatic carbocycles. The monoisotopic (exact) mass is 162 g/mol. The maximum Gasteiger partial charge on any atom is 0.0944 e. The lowest BCUT2D eigenvalue weighted by Crippen LogP contribution is -1.99. The van der Waals surface area contributed by atoms with Gasteiger partial charge in [-0.15, -0.1) is 0 Å². The minimum atomic E-state index is 0.534. The first-order chi connectivity index (χ1) is 5.74. The highest BCUT2D eigenvalue weighted by Crippen LogP contribution is 1.95. The average molecular weight is 162 g/mol. The van der Waals surface area contributed by atoms with Crippen molar-refractivity contribution >= 4 is 0 Å². The summed E-state index contributed by atoms with van der Waals surface area (Å²) in [6.45, 7) is 4.24. The van der Waals surface area contributed by atoms with Crippen LogP contribution in [0.2, 0.25) is 0 Å². The number of nitrogens with zero attached hydrogens (tertiary/aromatic N) is 1. The SMILES string of the molecule is C\C=C(/C=C\C=C(/C)C#N)CN. The zero-order chi connectivity index (χ0) is 9.40. The van der Waals surface area contributed by atoms with Gasteiger partial charge in [0.05, 0.1) is 6.07 Å². The number of hydrogen-bond acceptors (Lipinski definition) is 2. The summed E-state index contributed by atoms with van der Waals surface area (Å²) in [5.74, 6) is 0. The molecule has 0 saturated carbocycles. The van der Waals surface area contributed by atoms with Crippen molar-refractivity contribution in [2.75, 3.05) is 6.54 Å². The summed E-state index contributed by atoms with van der Waals surface area (Å²) in [6.07, 6.45) is 7.45. The molecule has 0 spiro atoms. The standard InChI is InChI=1S/C10H14N2/c1-3-10(8-12)6-4-5-9(2)7-11/h3-6H,8,12H2,1-2H3/b6-4-,9-5+,10-3+. The minimum Gasteiger partial charge on any atom is -0.327 e. The predicted octanol–water partition coefficient (Wildman–Crippen LogP) is 1.92. The van der Waals surface area contributed by atoms with Crippen molar-refractivity contribution in [1.82, 2.24) is 0 Å². The third-order valence-corrected chi connectivity index (χ3v) is 1.44. The van der Waals surface area contributed by atoms with E-state index in [4.69, 9.17) is 11.0 Å². The molecule has 0 aromatic carbocycles. The first-order valence-electron chi connectivity index (χ1n) is 3.85. The van der Waals surface area contributed by atoms with Gasteiger partial charge < -0.3 is 5.73 Å². The maximum absolute atomic E-state index is 8.42. The molecule has 0 fully saturated rings. The van der Waals surface area contributed by atoms with E-state index in [0.717, 1.165) is 5.57 Å². The fraction of sp³-hybridized carbons (Fsp3) is 0.300. The van der Waals surface area contributed by atoms with Gasteiger partial charge in [-0.2, -0.15) is 5.26 Å². The Balaban J connectivity index is 4.19. The Morgan fingerprint density at radius 2 is 2.25 bits per heavy atom. The molecule has 0 bridgehead atoms. The molecule has 0 saturated heterocycles. The van der Waals surface area contributed by atoms with Crippen LogP contribution in [0.4, 0.5) is 0 Å². The fourth-order valence-electron chi connectivity index (χ4n) is 0.635. The van der Waals surface area contributed by atoms with E-state index in [9.17, 15) is 0 Å². The zero-order valence-corrected chi connectivity index (χ0v) is 7.54. The van der Waals surface area contributed by atoms with Crippen LogP contribution in [0.3, 0.4) is 0 Å². The highest BCUT2D eigenvalue weighted by atomic mass is 14.5. The van der Waals surface area contributed by atoms with Crippen LogP contribution in [-0.4, -0.2) is 6.54 Å². The molecule has 12 heavy (non-hydrogen) atoms. The van der Waals surface area contributed by atoms with Crippen molar-refractivity contribution in [3.8, 4) is 6.07 Å². The average Bonchev–Trinajstić information content (AvgIpc) is 2.12. The lowest BCUT2D eigenvalue weighted by molar-refractivity contribution is 1.18. The van der Waals surface area contributed by atoms with Gasteiger partial charge in [0.2, 0.25) is 0 Å². The topological polar surface area (TPSA) is 49.8 Å². The van der Waals surface area contributed by atoms with Gasteiger partial charge in [-0.3, -0.25) is 0 Å². The Bertz CT molecular complexity index is 252. The van der Waals surface area contributed by atoms with Crippen molar-refractivity contribution in [1.29, 1.82) is 5.26 Å². The van der Waals surface area contributed by atoms with Crippen LogP contribution in [0.5, 0.6) is 0 Å². The van der Waals surface area contributed by atoms with Gasteiger partial charge >= 0.3 is 0 Å². The summed E-state index contributed by atoms with van der Waals surface area (Å²) in [5, 5.41) is 8.42. The van der Waals surface area contributed by atoms with Gasteiger partial charge in [-0.25, -0.2) is 0 Å². The van der Waals surface area contributed by atoms with E-state index in [-0.39, 0.29) is 0 Å². The van der Waals surface area contributed by atoms with Gasteiger partial charge in [0, 0.05) is 12.1 Å². The molecule has 0 aromatic heterocycles. The molecule has 2 nitrogen and oxygen atoms in total. The van der Waals surface area contributed by atoms with E-state index < -0.39 is 0 Å². The number of rotatable bonds is 3. The Morgan fingerprint density at radius 1 is 1.58 bits per heavy atom. The number of allylic oxidation sites excluding steroid dienone is 4. The van der Waals surface area contributed by atoms with Crippen molar-refractivity contribution in [3.63, 3.8) is 0 Å². The molecule has 0 radical (unpaired) electrons. The van der Waals surface area contributed by atoms with Gasteiger partial charge in [0.25, 0.3) is 0 Å². The molecule has 0 heterocycles. The largest absolute Gasteiger partial charge is 0.327 e. The zero-order valence-electron chi connectivity index (χ0n) is 7.54. The second-order valence-electron chi connectivity index (χ2n) is 2.39. The Labute approximate surface area is 73.7 Å². The van der Waals surface area contributed by atoms with Crippen LogP contribution >= 0.6 is 0 Å². The van der Waals surface area contributed by atoms with Crippen LogP contribution in [0.25, 0.3) is 0 Å². The van der Waals surface area contributed by atoms with Gasteiger partial charge in [0.15, 0.2) is 0 Å². The van der Waals surface area contributed by atoms with Crippen molar-refractivity contribution in [2.24, 2.45) is 5.73 Å². The molecule has 0 atom stereocenters. The predicted molar refractivity (Wildman–Crippen MR) is 51.3 cm³/mol. The van der Waals surface area contributed by atoms with Crippen LogP contribution in [-0.2, 0) is 0 Å². The molecule has 0 rings (SSSR count). The third-order valence-electron chi connectivity index (χ3n) is 1.44. The Kier molecular flexibility index (Phi) is 5.68. The highest BCUT2D eigenvalue weighted by molar-refractivity contribution is 5.28. The molecule has 2 N–H and O–H groups in total. The third kappa shape index (κ3) is 4.48. The Morgan fingerprint density at radius 3 is 2.67 bits per heavy atom. The molecular formula is C10H14N2. The Hall–Kier alpha value is -1.33. The first kappa shape index (κ1) is 10.7. The summed E-state index contributed by atoms with van der Waals surface area (Å²) < 4.78 is 0. The fourth-order valence-corrected chi connectivity index (χ4v) is 0.635. The van der Waals surface area contributed by atoms with Crippen LogP contribution in [0.1, 0.15) is 13.8 Å². The highest BCUT2D eigenvalue weighted by Gasteiger charge is 1.83. The van der Waals surface area contributed by atoms with E-state index in [1.165, 1.54) is 0 Å². The van der Waals surface area contributed by atoms with Crippen molar-refractivity contribution in [3.05, 3.63) is 35.5 Å². The van der Waals surface area contributed by atoms with Crippen LogP contribution < -0.4 is 5.73 Å². The molecule has 64 valence electrons. The molecule has 0 unspecified atom stereocenters. The lowest BCUT2D eigenvalue weighted by atomic mass is 10.2. The second-order valence-corrected chi connectivity index (χ2v) is 2.39. The maximum atomic E-state index is 8.42. The quantitative estimate of drug-likeness (QED) is 0.509. The number of nitriles is 1. The summed E-state index contributed by atoms with van der Waals surface area (Å²) in [5.41, 5.74) is 7.19. The smallest absolute Gasteiger partial charge is 0.0944 e. The first-order valence-corrected chi connectivity index (χ1v) is 3.85. The number of hydrogen-bond donors (Lipinski definition) is 1.